The number of esters is 1. The molecule has 0 spiro atoms. The van der Waals surface area contributed by atoms with Crippen molar-refractivity contribution < 1.29 is 14.3 Å². The van der Waals surface area contributed by atoms with Crippen LogP contribution in [0.15, 0.2) is 0 Å². The second-order valence-electron chi connectivity index (χ2n) is 4.05. The van der Waals surface area contributed by atoms with Gasteiger partial charge in [0.1, 0.15) is 0 Å². The first kappa shape index (κ1) is 13.4. The van der Waals surface area contributed by atoms with Crippen LogP contribution < -0.4 is 0 Å². The Morgan fingerprint density at radius 1 is 1.29 bits per heavy atom. The summed E-state index contributed by atoms with van der Waals surface area (Å²) < 4.78 is 10.1. The highest BCUT2D eigenvalue weighted by atomic mass is 16.7. The van der Waals surface area contributed by atoms with Crippen molar-refractivity contribution in [2.24, 2.45) is 5.41 Å². The molecule has 0 rings (SSSR count). The van der Waals surface area contributed by atoms with Crippen LogP contribution in [0.1, 0.15) is 47.0 Å². The summed E-state index contributed by atoms with van der Waals surface area (Å²) >= 11 is 0. The van der Waals surface area contributed by atoms with E-state index in [1.807, 2.05) is 20.8 Å². The number of carbonyl (C=O) groups is 1. The quantitative estimate of drug-likeness (QED) is 0.362. The van der Waals surface area contributed by atoms with Crippen molar-refractivity contribution in [1.82, 2.24) is 0 Å². The van der Waals surface area contributed by atoms with E-state index < -0.39 is 5.41 Å². The zero-order valence-corrected chi connectivity index (χ0v) is 9.76. The molecule has 0 amide bonds. The Hall–Kier alpha value is -0.570. The molecule has 0 fully saturated rings. The van der Waals surface area contributed by atoms with Crippen LogP contribution >= 0.6 is 0 Å². The van der Waals surface area contributed by atoms with Crippen molar-refractivity contribution in [2.45, 2.75) is 47.0 Å². The highest BCUT2D eigenvalue weighted by molar-refractivity contribution is 5.75. The summed E-state index contributed by atoms with van der Waals surface area (Å²) in [7, 11) is 0. The van der Waals surface area contributed by atoms with Gasteiger partial charge in [-0.3, -0.25) is 4.79 Å². The lowest BCUT2D eigenvalue weighted by molar-refractivity contribution is -0.166. The van der Waals surface area contributed by atoms with E-state index in [0.717, 1.165) is 19.3 Å². The van der Waals surface area contributed by atoms with E-state index >= 15 is 0 Å². The van der Waals surface area contributed by atoms with Crippen LogP contribution in [0, 0.1) is 5.41 Å². The number of hydrogen-bond acceptors (Lipinski definition) is 3. The van der Waals surface area contributed by atoms with Gasteiger partial charge in [-0.1, -0.05) is 20.3 Å². The lowest BCUT2D eigenvalue weighted by Gasteiger charge is -2.20. The van der Waals surface area contributed by atoms with E-state index in [9.17, 15) is 4.79 Å². The van der Waals surface area contributed by atoms with E-state index in [0.29, 0.717) is 6.61 Å². The van der Waals surface area contributed by atoms with Crippen molar-refractivity contribution in [2.75, 3.05) is 13.4 Å². The Labute approximate surface area is 86.8 Å². The fraction of sp³-hybridized carbons (Fsp3) is 0.909. The first-order chi connectivity index (χ1) is 6.54. The van der Waals surface area contributed by atoms with Crippen molar-refractivity contribution in [1.29, 1.82) is 0 Å². The van der Waals surface area contributed by atoms with Crippen molar-refractivity contribution >= 4 is 5.97 Å². The van der Waals surface area contributed by atoms with Gasteiger partial charge in [-0.15, -0.1) is 0 Å². The molecule has 0 saturated heterocycles. The molecule has 0 bridgehead atoms. The molecule has 0 radical (unpaired) electrons. The maximum absolute atomic E-state index is 11.4. The zero-order chi connectivity index (χ0) is 11.0. The monoisotopic (exact) mass is 202 g/mol. The van der Waals surface area contributed by atoms with Crippen LogP contribution in [0.2, 0.25) is 0 Å². The van der Waals surface area contributed by atoms with E-state index in [1.54, 1.807) is 0 Å². The second kappa shape index (κ2) is 6.82. The van der Waals surface area contributed by atoms with E-state index in [1.165, 1.54) is 0 Å². The predicted molar refractivity (Wildman–Crippen MR) is 55.9 cm³/mol. The summed E-state index contributed by atoms with van der Waals surface area (Å²) in [6.07, 6.45) is 2.88. The Bertz CT molecular complexity index is 164. The van der Waals surface area contributed by atoms with Gasteiger partial charge in [0.25, 0.3) is 0 Å². The second-order valence-corrected chi connectivity index (χ2v) is 4.05. The summed E-state index contributed by atoms with van der Waals surface area (Å²) in [6.45, 7) is 8.57. The lowest BCUT2D eigenvalue weighted by atomic mass is 9.91. The van der Waals surface area contributed by atoms with Crippen LogP contribution in [0.25, 0.3) is 0 Å². The molecular formula is C11H22O3. The summed E-state index contributed by atoms with van der Waals surface area (Å²) in [5, 5.41) is 0. The van der Waals surface area contributed by atoms with E-state index in [-0.39, 0.29) is 12.8 Å². The van der Waals surface area contributed by atoms with Gasteiger partial charge < -0.3 is 9.47 Å². The third-order valence-electron chi connectivity index (χ3n) is 2.35. The Balaban J connectivity index is 3.54. The molecule has 3 heteroatoms. The smallest absolute Gasteiger partial charge is 0.313 e. The van der Waals surface area contributed by atoms with Crippen molar-refractivity contribution in [3.05, 3.63) is 0 Å². The molecule has 0 aliphatic heterocycles. The fourth-order valence-corrected chi connectivity index (χ4v) is 0.740. The molecule has 0 N–H and O–H groups in total. The highest BCUT2D eigenvalue weighted by Gasteiger charge is 2.26. The Morgan fingerprint density at radius 2 is 1.93 bits per heavy atom. The van der Waals surface area contributed by atoms with Gasteiger partial charge in [-0.05, 0) is 26.7 Å². The van der Waals surface area contributed by atoms with E-state index in [4.69, 9.17) is 9.47 Å². The standard InChI is InChI=1S/C11H22O3/c1-5-7-8-13-9-14-10(12)11(3,4)6-2/h5-9H2,1-4H3. The Kier molecular flexibility index (Phi) is 6.54. The van der Waals surface area contributed by atoms with Crippen LogP contribution in [0.5, 0.6) is 0 Å². The molecular weight excluding hydrogens is 180 g/mol. The summed E-state index contributed by atoms with van der Waals surface area (Å²) in [5.41, 5.74) is -0.395. The minimum atomic E-state index is -0.395. The number of ether oxygens (including phenoxy) is 2. The topological polar surface area (TPSA) is 35.5 Å². The predicted octanol–water partition coefficient (Wildman–Crippen LogP) is 2.74. The van der Waals surface area contributed by atoms with Crippen LogP contribution in [-0.4, -0.2) is 19.4 Å². The first-order valence-corrected chi connectivity index (χ1v) is 5.29. The Morgan fingerprint density at radius 3 is 2.43 bits per heavy atom. The van der Waals surface area contributed by atoms with Gasteiger partial charge in [0.15, 0.2) is 6.79 Å². The average Bonchev–Trinajstić information content (AvgIpc) is 2.17. The molecule has 0 unspecified atom stereocenters. The molecule has 0 aromatic rings. The van der Waals surface area contributed by atoms with Crippen LogP contribution in [-0.2, 0) is 14.3 Å². The molecule has 0 aromatic carbocycles. The minimum absolute atomic E-state index is 0.0856. The number of rotatable bonds is 7. The summed E-state index contributed by atoms with van der Waals surface area (Å²) in [5.74, 6) is -0.184. The maximum atomic E-state index is 11.4. The summed E-state index contributed by atoms with van der Waals surface area (Å²) in [6, 6.07) is 0. The zero-order valence-electron chi connectivity index (χ0n) is 9.76. The van der Waals surface area contributed by atoms with E-state index in [2.05, 4.69) is 6.92 Å². The normalized spacial score (nSPS) is 11.4. The average molecular weight is 202 g/mol. The lowest BCUT2D eigenvalue weighted by Crippen LogP contribution is -2.26. The van der Waals surface area contributed by atoms with Crippen LogP contribution in [0.4, 0.5) is 0 Å². The SMILES string of the molecule is CCCCOCOC(=O)C(C)(C)CC. The molecule has 0 aliphatic carbocycles. The van der Waals surface area contributed by atoms with Gasteiger partial charge in [0.05, 0.1) is 12.0 Å². The van der Waals surface area contributed by atoms with Gasteiger partial charge >= 0.3 is 5.97 Å². The van der Waals surface area contributed by atoms with Gasteiger partial charge in [0, 0.05) is 0 Å². The first-order valence-electron chi connectivity index (χ1n) is 5.29. The number of unbranched alkanes of at least 4 members (excludes halogenated alkanes) is 1. The molecule has 14 heavy (non-hydrogen) atoms. The molecule has 84 valence electrons. The maximum Gasteiger partial charge on any atom is 0.313 e. The van der Waals surface area contributed by atoms with Crippen molar-refractivity contribution in [3.63, 3.8) is 0 Å². The molecule has 0 heterocycles. The van der Waals surface area contributed by atoms with Gasteiger partial charge in [-0.2, -0.15) is 0 Å². The third kappa shape index (κ3) is 5.22. The highest BCUT2D eigenvalue weighted by Crippen LogP contribution is 2.21. The molecule has 0 atom stereocenters. The van der Waals surface area contributed by atoms with Gasteiger partial charge in [0.2, 0.25) is 0 Å². The number of carbonyl (C=O) groups excluding carboxylic acids is 1. The van der Waals surface area contributed by atoms with Crippen molar-refractivity contribution in [3.8, 4) is 0 Å². The van der Waals surface area contributed by atoms with Gasteiger partial charge in [-0.25, -0.2) is 0 Å². The minimum Gasteiger partial charge on any atom is -0.438 e. The number of hydrogen-bond donors (Lipinski definition) is 0. The molecule has 0 aliphatic rings. The summed E-state index contributed by atoms with van der Waals surface area (Å²) in [4.78, 5) is 11.4. The largest absolute Gasteiger partial charge is 0.438 e. The molecule has 0 aromatic heterocycles. The van der Waals surface area contributed by atoms with Crippen LogP contribution in [0.3, 0.4) is 0 Å². The fourth-order valence-electron chi connectivity index (χ4n) is 0.740. The molecule has 0 saturated carbocycles. The molecule has 3 nitrogen and oxygen atoms in total. The third-order valence-corrected chi connectivity index (χ3v) is 2.35.